The molecule has 0 aliphatic carbocycles. The van der Waals surface area contributed by atoms with Gasteiger partial charge in [-0.15, -0.1) is 0 Å². The Hall–Kier alpha value is -9.84. The Bertz CT molecular complexity index is 4320. The van der Waals surface area contributed by atoms with Crippen LogP contribution in [0, 0.1) is 0 Å². The quantitative estimate of drug-likeness (QED) is 0.149. The van der Waals surface area contributed by atoms with Crippen molar-refractivity contribution in [3.63, 3.8) is 0 Å². The molecule has 14 aromatic rings. The Morgan fingerprint density at radius 1 is 0.293 bits per heavy atom. The van der Waals surface area contributed by atoms with Crippen molar-refractivity contribution in [3.8, 4) is 89.8 Å². The summed E-state index contributed by atoms with van der Waals surface area (Å²) in [5, 5.41) is 4.96. The van der Waals surface area contributed by atoms with Crippen LogP contribution in [0.2, 0.25) is 0 Å². The lowest BCUT2D eigenvalue weighted by molar-refractivity contribution is 1.13. The number of aromatic nitrogens is 4. The van der Waals surface area contributed by atoms with E-state index in [4.69, 9.17) is 9.97 Å². The van der Waals surface area contributed by atoms with Gasteiger partial charge in [0, 0.05) is 60.6 Å². The fraction of sp³-hybridized carbons (Fsp3) is 0. The number of nitrogens with zero attached hydrogens (tertiary/aromatic N) is 4. The molecule has 0 unspecified atom stereocenters. The number of benzene rings is 11. The van der Waals surface area contributed by atoms with Crippen molar-refractivity contribution in [1.82, 2.24) is 19.1 Å². The third kappa shape index (κ3) is 6.31. The third-order valence-electron chi connectivity index (χ3n) is 15.9. The van der Waals surface area contributed by atoms with E-state index in [0.29, 0.717) is 5.82 Å². The van der Waals surface area contributed by atoms with Gasteiger partial charge in [-0.25, -0.2) is 9.97 Å². The molecule has 4 nitrogen and oxygen atoms in total. The molecule has 75 heavy (non-hydrogen) atoms. The zero-order chi connectivity index (χ0) is 49.1. The molecule has 16 rings (SSSR count). The highest BCUT2D eigenvalue weighted by molar-refractivity contribution is 7.00. The Labute approximate surface area is 434 Å². The van der Waals surface area contributed by atoms with Crippen molar-refractivity contribution in [1.29, 1.82) is 0 Å². The molecule has 0 fully saturated rings. The van der Waals surface area contributed by atoms with Crippen LogP contribution in [0.15, 0.2) is 261 Å². The maximum Gasteiger partial charge on any atom is 0.252 e. The number of rotatable bonds is 7. The van der Waals surface area contributed by atoms with E-state index < -0.39 is 0 Å². The summed E-state index contributed by atoms with van der Waals surface area (Å²) < 4.78 is 5.16. The molecule has 0 spiro atoms. The van der Waals surface area contributed by atoms with Crippen LogP contribution in [0.5, 0.6) is 0 Å². The van der Waals surface area contributed by atoms with Gasteiger partial charge in [0.05, 0.1) is 22.4 Å². The van der Waals surface area contributed by atoms with Crippen LogP contribution >= 0.6 is 0 Å². The lowest BCUT2D eigenvalue weighted by atomic mass is 9.34. The summed E-state index contributed by atoms with van der Waals surface area (Å²) in [7, 11) is 0. The number of fused-ring (bicyclic) bond motifs is 10. The van der Waals surface area contributed by atoms with E-state index in [1.807, 2.05) is 0 Å². The maximum atomic E-state index is 5.52. The van der Waals surface area contributed by atoms with Gasteiger partial charge in [0.25, 0.3) is 6.71 Å². The molecule has 5 heteroatoms. The summed E-state index contributed by atoms with van der Waals surface area (Å²) in [5.41, 5.74) is 25.3. The van der Waals surface area contributed by atoms with Crippen LogP contribution in [-0.2, 0) is 0 Å². The fourth-order valence-electron chi connectivity index (χ4n) is 12.6. The molecule has 5 heterocycles. The van der Waals surface area contributed by atoms with E-state index in [9.17, 15) is 0 Å². The molecular weight excluding hydrogens is 908 g/mol. The van der Waals surface area contributed by atoms with Crippen LogP contribution in [0.3, 0.4) is 0 Å². The van der Waals surface area contributed by atoms with Gasteiger partial charge < -0.3 is 9.13 Å². The van der Waals surface area contributed by atoms with Crippen LogP contribution in [0.1, 0.15) is 0 Å². The van der Waals surface area contributed by atoms with E-state index >= 15 is 0 Å². The second-order valence-electron chi connectivity index (χ2n) is 20.0. The second-order valence-corrected chi connectivity index (χ2v) is 20.0. The molecule has 0 N–H and O–H groups in total. The minimum atomic E-state index is -0.0871. The lowest BCUT2D eigenvalue weighted by Gasteiger charge is -2.34. The van der Waals surface area contributed by atoms with Gasteiger partial charge >= 0.3 is 0 Å². The van der Waals surface area contributed by atoms with Crippen molar-refractivity contribution in [2.24, 2.45) is 0 Å². The summed E-state index contributed by atoms with van der Waals surface area (Å²) in [4.78, 5) is 11.0. The minimum absolute atomic E-state index is 0.0871. The molecular formula is C70H43BN4. The average molecular weight is 951 g/mol. The SMILES string of the molecule is c1ccc(-c2ccc3c(c2)c2c(-c4ccccc4)ccc4c2n3-c2cc(-c3nc(-c5ccccc5)cc(-c5ccccc5)n3)cc3c2B4c2ccc(-c4ccccc4)c4c5cc(-c6ccccc6)ccc5n-3c24)cc1. The maximum absolute atomic E-state index is 5.52. The minimum Gasteiger partial charge on any atom is -0.310 e. The van der Waals surface area contributed by atoms with Gasteiger partial charge in [-0.3, -0.25) is 0 Å². The van der Waals surface area contributed by atoms with Gasteiger partial charge in [0.15, 0.2) is 5.82 Å². The van der Waals surface area contributed by atoms with Crippen molar-refractivity contribution < 1.29 is 0 Å². The average Bonchev–Trinajstić information content (AvgIpc) is 4.05. The topological polar surface area (TPSA) is 35.6 Å². The zero-order valence-electron chi connectivity index (χ0n) is 40.7. The highest BCUT2D eigenvalue weighted by Crippen LogP contribution is 2.46. The second kappa shape index (κ2) is 16.3. The van der Waals surface area contributed by atoms with Gasteiger partial charge in [0.2, 0.25) is 0 Å². The third-order valence-corrected chi connectivity index (χ3v) is 15.9. The Morgan fingerprint density at radius 3 is 1.07 bits per heavy atom. The largest absolute Gasteiger partial charge is 0.310 e. The molecule has 3 aromatic heterocycles. The van der Waals surface area contributed by atoms with Crippen molar-refractivity contribution in [3.05, 3.63) is 261 Å². The summed E-state index contributed by atoms with van der Waals surface area (Å²) in [6.07, 6.45) is 0. The Morgan fingerprint density at radius 2 is 0.667 bits per heavy atom. The van der Waals surface area contributed by atoms with E-state index in [1.54, 1.807) is 0 Å². The van der Waals surface area contributed by atoms with Crippen LogP contribution in [0.25, 0.3) is 133 Å². The predicted octanol–water partition coefficient (Wildman–Crippen LogP) is 15.5. The van der Waals surface area contributed by atoms with Gasteiger partial charge in [0.1, 0.15) is 0 Å². The van der Waals surface area contributed by atoms with Crippen LogP contribution < -0.4 is 16.4 Å². The molecule has 2 aliphatic heterocycles. The summed E-state index contributed by atoms with van der Waals surface area (Å²) in [6.45, 7) is -0.0871. The zero-order valence-corrected chi connectivity index (χ0v) is 40.7. The van der Waals surface area contributed by atoms with Crippen LogP contribution in [-0.4, -0.2) is 25.8 Å². The molecule has 0 saturated carbocycles. The monoisotopic (exact) mass is 950 g/mol. The fourth-order valence-corrected chi connectivity index (χ4v) is 12.6. The predicted molar refractivity (Wildman–Crippen MR) is 313 cm³/mol. The molecule has 0 saturated heterocycles. The highest BCUT2D eigenvalue weighted by Gasteiger charge is 2.42. The summed E-state index contributed by atoms with van der Waals surface area (Å²) in [6, 6.07) is 95.2. The first-order valence-electron chi connectivity index (χ1n) is 25.8. The molecule has 0 bridgehead atoms. The molecule has 0 amide bonds. The molecule has 346 valence electrons. The van der Waals surface area contributed by atoms with Gasteiger partial charge in [-0.2, -0.15) is 0 Å². The number of hydrogen-bond donors (Lipinski definition) is 0. The van der Waals surface area contributed by atoms with E-state index in [0.717, 1.165) is 50.5 Å². The number of hydrogen-bond acceptors (Lipinski definition) is 2. The highest BCUT2D eigenvalue weighted by atomic mass is 15.0. The standard InChI is InChI=1S/C70H43BN4/c1-7-19-44(20-8-1)50-31-37-61-55(39-50)65-53(46-23-11-3-12-24-46)33-35-57-68(65)74(61)63-41-52(70-72-59(48-27-15-5-16-28-48)43-60(73-70)49-29-17-6-18-30-49)42-64-67(63)71(57)58-36-34-54(47-25-13-4-14-26-47)66-56-40-51(45-21-9-2-10-22-45)32-38-62(56)75(64)69(58)66/h1-43H. The van der Waals surface area contributed by atoms with Crippen molar-refractivity contribution in [2.75, 3.05) is 0 Å². The van der Waals surface area contributed by atoms with E-state index in [1.165, 1.54) is 93.5 Å². The van der Waals surface area contributed by atoms with Crippen LogP contribution in [0.4, 0.5) is 0 Å². The molecule has 0 atom stereocenters. The first kappa shape index (κ1) is 41.7. The van der Waals surface area contributed by atoms with E-state index in [2.05, 4.69) is 270 Å². The molecule has 2 aliphatic rings. The first-order chi connectivity index (χ1) is 37.2. The van der Waals surface area contributed by atoms with Gasteiger partial charge in [-0.05, 0) is 103 Å². The molecule has 0 radical (unpaired) electrons. The van der Waals surface area contributed by atoms with E-state index in [-0.39, 0.29) is 6.71 Å². The van der Waals surface area contributed by atoms with Crippen molar-refractivity contribution >= 4 is 66.7 Å². The Balaban J connectivity index is 1.08. The summed E-state index contributed by atoms with van der Waals surface area (Å²) in [5.74, 6) is 0.677. The summed E-state index contributed by atoms with van der Waals surface area (Å²) >= 11 is 0. The molecule has 11 aromatic carbocycles. The smallest absolute Gasteiger partial charge is 0.252 e. The normalized spacial score (nSPS) is 12.2. The van der Waals surface area contributed by atoms with Crippen molar-refractivity contribution in [2.45, 2.75) is 0 Å². The van der Waals surface area contributed by atoms with Gasteiger partial charge in [-0.1, -0.05) is 218 Å². The Kier molecular flexibility index (Phi) is 9.10. The first-order valence-corrected chi connectivity index (χ1v) is 25.8. The lowest BCUT2D eigenvalue weighted by Crippen LogP contribution is -2.59.